The van der Waals surface area contributed by atoms with Crippen molar-refractivity contribution in [3.05, 3.63) is 0 Å². The fourth-order valence-electron chi connectivity index (χ4n) is 1.24. The van der Waals surface area contributed by atoms with Gasteiger partial charge in [0.1, 0.15) is 6.17 Å². The molecule has 0 aliphatic carbocycles. The van der Waals surface area contributed by atoms with Crippen LogP contribution in [0.2, 0.25) is 0 Å². The highest BCUT2D eigenvalue weighted by molar-refractivity contribution is 5.47. The molecule has 1 rings (SSSR count). The van der Waals surface area contributed by atoms with Gasteiger partial charge >= 0.3 is 0 Å². The van der Waals surface area contributed by atoms with Gasteiger partial charge < -0.3 is 4.74 Å². The molecule has 0 radical (unpaired) electrons. The van der Waals surface area contributed by atoms with E-state index in [0.29, 0.717) is 12.9 Å². The molecular formula is C7H15N3O. The Morgan fingerprint density at radius 3 is 2.82 bits per heavy atom. The molecule has 11 heavy (non-hydrogen) atoms. The fraction of sp³-hybridized carbons (Fsp3) is 0.857. The summed E-state index contributed by atoms with van der Waals surface area (Å²) in [6.07, 6.45) is 2.90. The van der Waals surface area contributed by atoms with Gasteiger partial charge in [0.25, 0.3) is 0 Å². The Morgan fingerprint density at radius 2 is 2.45 bits per heavy atom. The van der Waals surface area contributed by atoms with Gasteiger partial charge in [0, 0.05) is 0 Å². The first-order valence-electron chi connectivity index (χ1n) is 3.82. The molecule has 0 bridgehead atoms. The SMILES string of the molecule is CCC(N(C)C)N1COC=N1. The highest BCUT2D eigenvalue weighted by Crippen LogP contribution is 2.09. The first kappa shape index (κ1) is 8.33. The van der Waals surface area contributed by atoms with Gasteiger partial charge in [-0.25, -0.2) is 5.01 Å². The van der Waals surface area contributed by atoms with E-state index in [1.807, 2.05) is 19.1 Å². The maximum atomic E-state index is 5.00. The second-order valence-electron chi connectivity index (χ2n) is 2.81. The van der Waals surface area contributed by atoms with Crippen molar-refractivity contribution < 1.29 is 4.74 Å². The molecule has 4 heteroatoms. The van der Waals surface area contributed by atoms with Crippen LogP contribution in [-0.2, 0) is 4.74 Å². The van der Waals surface area contributed by atoms with Crippen LogP contribution in [0, 0.1) is 0 Å². The molecule has 4 nitrogen and oxygen atoms in total. The first-order chi connectivity index (χ1) is 5.25. The van der Waals surface area contributed by atoms with Crippen LogP contribution in [0.1, 0.15) is 13.3 Å². The minimum atomic E-state index is 0.355. The molecular weight excluding hydrogens is 142 g/mol. The second kappa shape index (κ2) is 3.57. The maximum absolute atomic E-state index is 5.00. The van der Waals surface area contributed by atoms with Crippen LogP contribution >= 0.6 is 0 Å². The zero-order valence-corrected chi connectivity index (χ0v) is 7.32. The summed E-state index contributed by atoms with van der Waals surface area (Å²) >= 11 is 0. The van der Waals surface area contributed by atoms with Crippen LogP contribution in [0.15, 0.2) is 5.10 Å². The summed E-state index contributed by atoms with van der Waals surface area (Å²) in [6, 6.07) is 0. The van der Waals surface area contributed by atoms with E-state index in [1.165, 1.54) is 6.40 Å². The normalized spacial score (nSPS) is 19.1. The third kappa shape index (κ3) is 1.83. The van der Waals surface area contributed by atoms with Gasteiger partial charge in [0.15, 0.2) is 13.1 Å². The monoisotopic (exact) mass is 157 g/mol. The average molecular weight is 157 g/mol. The Labute approximate surface area is 67.4 Å². The van der Waals surface area contributed by atoms with E-state index in [0.717, 1.165) is 6.42 Å². The molecule has 1 atom stereocenters. The van der Waals surface area contributed by atoms with Crippen molar-refractivity contribution in [3.63, 3.8) is 0 Å². The summed E-state index contributed by atoms with van der Waals surface area (Å²) in [6.45, 7) is 2.72. The smallest absolute Gasteiger partial charge is 0.195 e. The lowest BCUT2D eigenvalue weighted by atomic mass is 10.3. The van der Waals surface area contributed by atoms with Crippen molar-refractivity contribution in [1.82, 2.24) is 9.91 Å². The minimum Gasteiger partial charge on any atom is -0.459 e. The Kier molecular flexibility index (Phi) is 2.70. The Balaban J connectivity index is 2.47. The molecule has 0 amide bonds. The van der Waals surface area contributed by atoms with Crippen LogP contribution < -0.4 is 0 Å². The summed E-state index contributed by atoms with van der Waals surface area (Å²) in [5.41, 5.74) is 0. The van der Waals surface area contributed by atoms with Gasteiger partial charge in [0.05, 0.1) is 0 Å². The average Bonchev–Trinajstić information content (AvgIpc) is 2.40. The molecule has 64 valence electrons. The van der Waals surface area contributed by atoms with Gasteiger partial charge in [-0.15, -0.1) is 5.10 Å². The van der Waals surface area contributed by atoms with E-state index in [4.69, 9.17) is 4.74 Å². The molecule has 1 aliphatic heterocycles. The largest absolute Gasteiger partial charge is 0.459 e. The third-order valence-electron chi connectivity index (χ3n) is 1.78. The van der Waals surface area contributed by atoms with Gasteiger partial charge in [-0.3, -0.25) is 4.90 Å². The number of nitrogens with zero attached hydrogens (tertiary/aromatic N) is 3. The van der Waals surface area contributed by atoms with Gasteiger partial charge in [-0.1, -0.05) is 6.92 Å². The highest BCUT2D eigenvalue weighted by Gasteiger charge is 2.19. The fourth-order valence-corrected chi connectivity index (χ4v) is 1.24. The lowest BCUT2D eigenvalue weighted by Crippen LogP contribution is -2.40. The van der Waals surface area contributed by atoms with Crippen LogP contribution in [0.3, 0.4) is 0 Å². The standard InChI is InChI=1S/C7H15N3O/c1-4-7(9(2)3)10-6-11-5-8-10/h5,7H,4,6H2,1-3H3. The molecule has 0 aromatic heterocycles. The molecule has 0 spiro atoms. The molecule has 0 saturated carbocycles. The van der Waals surface area contributed by atoms with Crippen molar-refractivity contribution in [3.8, 4) is 0 Å². The van der Waals surface area contributed by atoms with E-state index in [9.17, 15) is 0 Å². The zero-order valence-electron chi connectivity index (χ0n) is 7.32. The molecule has 1 aliphatic rings. The second-order valence-corrected chi connectivity index (χ2v) is 2.81. The first-order valence-corrected chi connectivity index (χ1v) is 3.82. The summed E-state index contributed by atoms with van der Waals surface area (Å²) in [5, 5.41) is 6.00. The van der Waals surface area contributed by atoms with Gasteiger partial charge in [0.2, 0.25) is 0 Å². The van der Waals surface area contributed by atoms with Crippen molar-refractivity contribution in [1.29, 1.82) is 0 Å². The molecule has 1 unspecified atom stereocenters. The van der Waals surface area contributed by atoms with Crippen LogP contribution in [0.5, 0.6) is 0 Å². The van der Waals surface area contributed by atoms with E-state index < -0.39 is 0 Å². The number of hydrogen-bond acceptors (Lipinski definition) is 4. The number of hydrazone groups is 1. The molecule has 0 N–H and O–H groups in total. The summed E-state index contributed by atoms with van der Waals surface area (Å²) in [5.74, 6) is 0. The van der Waals surface area contributed by atoms with Crippen LogP contribution in [-0.4, -0.2) is 43.3 Å². The minimum absolute atomic E-state index is 0.355. The molecule has 0 aromatic rings. The molecule has 0 saturated heterocycles. The van der Waals surface area contributed by atoms with E-state index in [1.54, 1.807) is 0 Å². The van der Waals surface area contributed by atoms with E-state index >= 15 is 0 Å². The lowest BCUT2D eigenvalue weighted by molar-refractivity contribution is 0.0411. The van der Waals surface area contributed by atoms with Gasteiger partial charge in [-0.05, 0) is 20.5 Å². The quantitative estimate of drug-likeness (QED) is 0.597. The van der Waals surface area contributed by atoms with Crippen molar-refractivity contribution in [2.45, 2.75) is 19.5 Å². The number of rotatable bonds is 3. The third-order valence-corrected chi connectivity index (χ3v) is 1.78. The Morgan fingerprint density at radius 1 is 1.73 bits per heavy atom. The predicted molar refractivity (Wildman–Crippen MR) is 44.0 cm³/mol. The zero-order chi connectivity index (χ0) is 8.27. The molecule has 0 fully saturated rings. The summed E-state index contributed by atoms with van der Waals surface area (Å²) < 4.78 is 5.00. The van der Waals surface area contributed by atoms with E-state index in [2.05, 4.69) is 16.9 Å². The Hall–Kier alpha value is -0.770. The number of ether oxygens (including phenoxy) is 1. The molecule has 0 aromatic carbocycles. The number of hydrogen-bond donors (Lipinski definition) is 0. The van der Waals surface area contributed by atoms with Gasteiger partial charge in [-0.2, -0.15) is 0 Å². The summed E-state index contributed by atoms with van der Waals surface area (Å²) in [4.78, 5) is 2.13. The van der Waals surface area contributed by atoms with Crippen molar-refractivity contribution in [2.24, 2.45) is 5.10 Å². The van der Waals surface area contributed by atoms with Crippen LogP contribution in [0.25, 0.3) is 0 Å². The predicted octanol–water partition coefficient (Wildman–Crippen LogP) is 0.517. The maximum Gasteiger partial charge on any atom is 0.195 e. The lowest BCUT2D eigenvalue weighted by Gasteiger charge is -2.29. The highest BCUT2D eigenvalue weighted by atomic mass is 16.5. The van der Waals surface area contributed by atoms with Crippen molar-refractivity contribution in [2.75, 3.05) is 20.8 Å². The topological polar surface area (TPSA) is 28.1 Å². The Bertz CT molecular complexity index is 147. The van der Waals surface area contributed by atoms with Crippen molar-refractivity contribution >= 4 is 6.40 Å². The van der Waals surface area contributed by atoms with Crippen LogP contribution in [0.4, 0.5) is 0 Å². The molecule has 1 heterocycles. The summed E-state index contributed by atoms with van der Waals surface area (Å²) in [7, 11) is 4.09. The van der Waals surface area contributed by atoms with E-state index in [-0.39, 0.29) is 0 Å².